The molecule has 1 fully saturated rings. The van der Waals surface area contributed by atoms with Crippen molar-refractivity contribution in [2.75, 3.05) is 13.1 Å². The normalized spacial score (nSPS) is 20.4. The number of fused-ring (bicyclic) bond motifs is 1. The second-order valence-corrected chi connectivity index (χ2v) is 7.00. The monoisotopic (exact) mass is 314 g/mol. The van der Waals surface area contributed by atoms with E-state index in [-0.39, 0.29) is 0 Å². The minimum absolute atomic E-state index is 0.653. The Morgan fingerprint density at radius 1 is 1.13 bits per heavy atom. The molecule has 0 saturated carbocycles. The van der Waals surface area contributed by atoms with Crippen LogP contribution in [0.3, 0.4) is 0 Å². The van der Waals surface area contributed by atoms with Crippen LogP contribution in [0.1, 0.15) is 60.9 Å². The second-order valence-electron chi connectivity index (χ2n) is 7.00. The molecule has 2 aromatic heterocycles. The van der Waals surface area contributed by atoms with Gasteiger partial charge in [0.2, 0.25) is 0 Å². The smallest absolute Gasteiger partial charge is 0.147 e. The zero-order valence-corrected chi connectivity index (χ0v) is 14.0. The van der Waals surface area contributed by atoms with Gasteiger partial charge >= 0.3 is 0 Å². The summed E-state index contributed by atoms with van der Waals surface area (Å²) in [7, 11) is 0. The number of H-pyrrole nitrogens is 1. The minimum Gasteiger partial charge on any atom is -0.314 e. The number of aryl methyl sites for hydroxylation is 2. The van der Waals surface area contributed by atoms with Gasteiger partial charge in [-0.25, -0.2) is 0 Å². The number of piperidine rings is 1. The van der Waals surface area contributed by atoms with Crippen molar-refractivity contribution in [3.8, 4) is 0 Å². The zero-order valence-electron chi connectivity index (χ0n) is 14.0. The van der Waals surface area contributed by atoms with E-state index in [9.17, 15) is 0 Å². The van der Waals surface area contributed by atoms with Gasteiger partial charge in [0.1, 0.15) is 11.6 Å². The van der Waals surface area contributed by atoms with Crippen LogP contribution in [0.4, 0.5) is 0 Å². The van der Waals surface area contributed by atoms with Crippen LogP contribution in [0.25, 0.3) is 0 Å². The van der Waals surface area contributed by atoms with Crippen molar-refractivity contribution in [3.63, 3.8) is 0 Å². The molecular formula is C17H26N6. The van der Waals surface area contributed by atoms with Crippen LogP contribution in [-0.2, 0) is 19.5 Å². The van der Waals surface area contributed by atoms with Crippen LogP contribution in [0.5, 0.6) is 0 Å². The predicted molar refractivity (Wildman–Crippen MR) is 88.2 cm³/mol. The van der Waals surface area contributed by atoms with E-state index in [0.29, 0.717) is 5.92 Å². The second kappa shape index (κ2) is 6.43. The standard InChI is InChI=1S/C17H26N6/c1-13-15(11-18-19-13)14-6-9-22(10-7-14)12-17-21-20-16-5-3-2-4-8-23(16)17/h11,14H,2-10,12H2,1H3,(H,18,19). The van der Waals surface area contributed by atoms with Crippen LogP contribution >= 0.6 is 0 Å². The van der Waals surface area contributed by atoms with Crippen molar-refractivity contribution in [2.24, 2.45) is 0 Å². The van der Waals surface area contributed by atoms with Gasteiger partial charge in [-0.15, -0.1) is 10.2 Å². The molecule has 0 aromatic carbocycles. The van der Waals surface area contributed by atoms with Gasteiger partial charge in [0.25, 0.3) is 0 Å². The molecule has 4 heterocycles. The maximum atomic E-state index is 4.47. The van der Waals surface area contributed by atoms with E-state index < -0.39 is 0 Å². The molecule has 0 atom stereocenters. The Labute approximate surface area is 137 Å². The third-order valence-electron chi connectivity index (χ3n) is 5.45. The maximum Gasteiger partial charge on any atom is 0.147 e. The van der Waals surface area contributed by atoms with E-state index in [0.717, 1.165) is 32.6 Å². The van der Waals surface area contributed by atoms with Gasteiger partial charge in [-0.05, 0) is 57.2 Å². The van der Waals surface area contributed by atoms with E-state index in [1.807, 2.05) is 6.20 Å². The van der Waals surface area contributed by atoms with Gasteiger partial charge < -0.3 is 4.57 Å². The fraction of sp³-hybridized carbons (Fsp3) is 0.706. The summed E-state index contributed by atoms with van der Waals surface area (Å²) in [6.45, 7) is 6.45. The molecule has 2 aliphatic rings. The first-order chi connectivity index (χ1) is 11.3. The molecule has 2 aromatic rings. The third kappa shape index (κ3) is 3.04. The molecule has 0 spiro atoms. The molecule has 0 unspecified atom stereocenters. The summed E-state index contributed by atoms with van der Waals surface area (Å²) < 4.78 is 2.37. The minimum atomic E-state index is 0.653. The number of nitrogens with one attached hydrogen (secondary N) is 1. The Balaban J connectivity index is 1.38. The molecule has 6 heteroatoms. The third-order valence-corrected chi connectivity index (χ3v) is 5.45. The highest BCUT2D eigenvalue weighted by atomic mass is 15.3. The number of likely N-dealkylation sites (tertiary alicyclic amines) is 1. The van der Waals surface area contributed by atoms with Gasteiger partial charge in [-0.1, -0.05) is 6.42 Å². The van der Waals surface area contributed by atoms with Gasteiger partial charge in [-0.3, -0.25) is 10.00 Å². The van der Waals surface area contributed by atoms with Crippen LogP contribution in [0.15, 0.2) is 6.20 Å². The summed E-state index contributed by atoms with van der Waals surface area (Å²) in [5.41, 5.74) is 2.63. The highest BCUT2D eigenvalue weighted by Gasteiger charge is 2.24. The summed E-state index contributed by atoms with van der Waals surface area (Å²) in [5.74, 6) is 3.02. The number of nitrogens with zero attached hydrogens (tertiary/aromatic N) is 5. The number of aromatic amines is 1. The Bertz CT molecular complexity index is 650. The SMILES string of the molecule is Cc1[nH]ncc1C1CCN(Cc2nnc3n2CCCCC3)CC1. The topological polar surface area (TPSA) is 62.6 Å². The van der Waals surface area contributed by atoms with Crippen molar-refractivity contribution in [3.05, 3.63) is 29.1 Å². The number of aromatic nitrogens is 5. The first-order valence-corrected chi connectivity index (χ1v) is 8.94. The van der Waals surface area contributed by atoms with E-state index >= 15 is 0 Å². The van der Waals surface area contributed by atoms with Gasteiger partial charge in [0, 0.05) is 18.7 Å². The highest BCUT2D eigenvalue weighted by molar-refractivity contribution is 5.20. The molecule has 4 rings (SSSR count). The van der Waals surface area contributed by atoms with Crippen molar-refractivity contribution < 1.29 is 0 Å². The molecule has 0 amide bonds. The number of hydrogen-bond acceptors (Lipinski definition) is 4. The van der Waals surface area contributed by atoms with Crippen molar-refractivity contribution >= 4 is 0 Å². The Hall–Kier alpha value is -1.69. The molecule has 6 nitrogen and oxygen atoms in total. The lowest BCUT2D eigenvalue weighted by Gasteiger charge is -2.31. The van der Waals surface area contributed by atoms with Gasteiger partial charge in [-0.2, -0.15) is 5.10 Å². The molecule has 23 heavy (non-hydrogen) atoms. The largest absolute Gasteiger partial charge is 0.314 e. The van der Waals surface area contributed by atoms with Crippen molar-refractivity contribution in [1.29, 1.82) is 0 Å². The summed E-state index contributed by atoms with van der Waals surface area (Å²) in [4.78, 5) is 2.54. The van der Waals surface area contributed by atoms with Gasteiger partial charge in [0.05, 0.1) is 12.7 Å². The van der Waals surface area contributed by atoms with Crippen molar-refractivity contribution in [2.45, 2.75) is 64.5 Å². The Morgan fingerprint density at radius 3 is 2.78 bits per heavy atom. The lowest BCUT2D eigenvalue weighted by atomic mass is 9.90. The molecule has 124 valence electrons. The van der Waals surface area contributed by atoms with E-state index in [4.69, 9.17) is 0 Å². The predicted octanol–water partition coefficient (Wildman–Crippen LogP) is 2.42. The average Bonchev–Trinajstić information content (AvgIpc) is 3.07. The fourth-order valence-electron chi connectivity index (χ4n) is 4.04. The van der Waals surface area contributed by atoms with Gasteiger partial charge in [0.15, 0.2) is 0 Å². The van der Waals surface area contributed by atoms with E-state index in [1.165, 1.54) is 55.0 Å². The number of hydrogen-bond donors (Lipinski definition) is 1. The first kappa shape index (κ1) is 14.9. The maximum absolute atomic E-state index is 4.47. The quantitative estimate of drug-likeness (QED) is 0.945. The highest BCUT2D eigenvalue weighted by Crippen LogP contribution is 2.29. The number of rotatable bonds is 3. The molecule has 0 aliphatic carbocycles. The molecular weight excluding hydrogens is 288 g/mol. The summed E-state index contributed by atoms with van der Waals surface area (Å²) >= 11 is 0. The summed E-state index contributed by atoms with van der Waals surface area (Å²) in [5, 5.41) is 16.1. The van der Waals surface area contributed by atoms with Crippen LogP contribution in [0.2, 0.25) is 0 Å². The van der Waals surface area contributed by atoms with Crippen molar-refractivity contribution in [1.82, 2.24) is 29.9 Å². The average molecular weight is 314 g/mol. The van der Waals surface area contributed by atoms with Crippen LogP contribution < -0.4 is 0 Å². The van der Waals surface area contributed by atoms with E-state index in [2.05, 4.69) is 36.8 Å². The Kier molecular flexibility index (Phi) is 4.16. The zero-order chi connectivity index (χ0) is 15.6. The van der Waals surface area contributed by atoms with Crippen LogP contribution in [-0.4, -0.2) is 43.0 Å². The molecule has 0 bridgehead atoms. The Morgan fingerprint density at radius 2 is 2.00 bits per heavy atom. The van der Waals surface area contributed by atoms with E-state index in [1.54, 1.807) is 0 Å². The van der Waals surface area contributed by atoms with Crippen LogP contribution in [0, 0.1) is 6.92 Å². The summed E-state index contributed by atoms with van der Waals surface area (Å²) in [6.07, 6.45) is 9.36. The fourth-order valence-corrected chi connectivity index (χ4v) is 4.04. The summed E-state index contributed by atoms with van der Waals surface area (Å²) in [6, 6.07) is 0. The lowest BCUT2D eigenvalue weighted by molar-refractivity contribution is 0.197. The molecule has 1 N–H and O–H groups in total. The molecule has 2 aliphatic heterocycles. The lowest BCUT2D eigenvalue weighted by Crippen LogP contribution is -2.33. The molecule has 1 saturated heterocycles. The molecule has 0 radical (unpaired) electrons. The first-order valence-electron chi connectivity index (χ1n) is 8.94.